The number of amides is 2. The van der Waals surface area contributed by atoms with Gasteiger partial charge in [-0.1, -0.05) is 17.7 Å². The molecule has 2 rings (SSSR count). The third-order valence-corrected chi connectivity index (χ3v) is 4.05. The second kappa shape index (κ2) is 8.14. The summed E-state index contributed by atoms with van der Waals surface area (Å²) in [5.74, 6) is -2.88. The Labute approximate surface area is 154 Å². The van der Waals surface area contributed by atoms with Gasteiger partial charge in [-0.15, -0.1) is 0 Å². The lowest BCUT2D eigenvalue weighted by Crippen LogP contribution is -2.37. The molecule has 0 saturated heterocycles. The van der Waals surface area contributed by atoms with Gasteiger partial charge in [0.1, 0.15) is 29.6 Å². The minimum atomic E-state index is -0.937. The zero-order valence-electron chi connectivity index (χ0n) is 14.4. The lowest BCUT2D eigenvalue weighted by Gasteiger charge is -2.22. The quantitative estimate of drug-likeness (QED) is 0.852. The number of para-hydroxylation sites is 1. The SMILES string of the molecule is COc1cc(Cl)c(C)cc1NC(=O)CN(C(C)=O)c1c(F)cccc1F. The molecular formula is C18H17ClF2N2O3. The highest BCUT2D eigenvalue weighted by Crippen LogP contribution is 2.31. The van der Waals surface area contributed by atoms with Crippen LogP contribution >= 0.6 is 11.6 Å². The molecule has 0 heterocycles. The average Bonchev–Trinajstić information content (AvgIpc) is 2.56. The summed E-state index contributed by atoms with van der Waals surface area (Å²) in [6, 6.07) is 6.33. The van der Waals surface area contributed by atoms with Gasteiger partial charge in [0.2, 0.25) is 11.8 Å². The standard InChI is InChI=1S/C18H17ClF2N2O3/c1-10-7-15(16(26-3)8-12(10)19)22-17(25)9-23(11(2)24)18-13(20)5-4-6-14(18)21/h4-8H,9H2,1-3H3,(H,22,25). The van der Waals surface area contributed by atoms with E-state index in [1.165, 1.54) is 19.2 Å². The van der Waals surface area contributed by atoms with Crippen LogP contribution in [0.15, 0.2) is 30.3 Å². The third kappa shape index (κ3) is 4.29. The third-order valence-electron chi connectivity index (χ3n) is 3.64. The number of ether oxygens (including phenoxy) is 1. The lowest BCUT2D eigenvalue weighted by atomic mass is 10.2. The number of anilines is 2. The highest BCUT2D eigenvalue weighted by atomic mass is 35.5. The first-order valence-electron chi connectivity index (χ1n) is 7.60. The number of methoxy groups -OCH3 is 1. The summed E-state index contributed by atoms with van der Waals surface area (Å²) in [5, 5.41) is 3.02. The Kier molecular flexibility index (Phi) is 6.15. The van der Waals surface area contributed by atoms with Crippen LogP contribution in [0.5, 0.6) is 5.75 Å². The minimum absolute atomic E-state index is 0.320. The lowest BCUT2D eigenvalue weighted by molar-refractivity contribution is -0.120. The summed E-state index contributed by atoms with van der Waals surface area (Å²) >= 11 is 6.01. The molecule has 26 heavy (non-hydrogen) atoms. The van der Waals surface area contributed by atoms with Crippen LogP contribution in [0.25, 0.3) is 0 Å². The van der Waals surface area contributed by atoms with Gasteiger partial charge in [-0.25, -0.2) is 8.78 Å². The summed E-state index contributed by atoms with van der Waals surface area (Å²) in [5.41, 5.74) is 0.456. The predicted octanol–water partition coefficient (Wildman–Crippen LogP) is 3.93. The van der Waals surface area contributed by atoms with E-state index in [9.17, 15) is 18.4 Å². The van der Waals surface area contributed by atoms with Crippen LogP contribution in [0.1, 0.15) is 12.5 Å². The Morgan fingerprint density at radius 2 is 1.85 bits per heavy atom. The molecule has 2 aromatic rings. The molecule has 0 aliphatic rings. The molecule has 0 bridgehead atoms. The fourth-order valence-electron chi connectivity index (χ4n) is 2.36. The summed E-state index contributed by atoms with van der Waals surface area (Å²) in [6.07, 6.45) is 0. The molecule has 138 valence electrons. The van der Waals surface area contributed by atoms with Crippen molar-refractivity contribution >= 4 is 34.8 Å². The molecule has 0 radical (unpaired) electrons. The molecular weight excluding hydrogens is 366 g/mol. The normalized spacial score (nSPS) is 10.4. The van der Waals surface area contributed by atoms with Gasteiger partial charge in [-0.05, 0) is 30.7 Å². The Morgan fingerprint density at radius 1 is 1.23 bits per heavy atom. The summed E-state index contributed by atoms with van der Waals surface area (Å²) < 4.78 is 33.1. The number of nitrogens with zero attached hydrogens (tertiary/aromatic N) is 1. The van der Waals surface area contributed by atoms with Gasteiger partial charge in [0.05, 0.1) is 12.8 Å². The van der Waals surface area contributed by atoms with E-state index < -0.39 is 35.7 Å². The number of halogens is 3. The van der Waals surface area contributed by atoms with Gasteiger partial charge in [0.15, 0.2) is 0 Å². The summed E-state index contributed by atoms with van der Waals surface area (Å²) in [6.45, 7) is 2.29. The molecule has 0 aliphatic heterocycles. The van der Waals surface area contributed by atoms with Gasteiger partial charge in [0, 0.05) is 18.0 Å². The largest absolute Gasteiger partial charge is 0.495 e. The second-order valence-electron chi connectivity index (χ2n) is 5.53. The highest BCUT2D eigenvalue weighted by Gasteiger charge is 2.23. The number of nitrogens with one attached hydrogen (secondary N) is 1. The Morgan fingerprint density at radius 3 is 2.38 bits per heavy atom. The Hall–Kier alpha value is -2.67. The maximum atomic E-state index is 14.0. The molecule has 0 saturated carbocycles. The number of aryl methyl sites for hydroxylation is 1. The topological polar surface area (TPSA) is 58.6 Å². The van der Waals surface area contributed by atoms with Crippen molar-refractivity contribution in [1.29, 1.82) is 0 Å². The number of benzene rings is 2. The predicted molar refractivity (Wildman–Crippen MR) is 95.8 cm³/mol. The fraction of sp³-hybridized carbons (Fsp3) is 0.222. The molecule has 2 amide bonds. The first-order chi connectivity index (χ1) is 12.2. The van der Waals surface area contributed by atoms with Gasteiger partial charge in [0.25, 0.3) is 0 Å². The fourth-order valence-corrected chi connectivity index (χ4v) is 2.51. The van der Waals surface area contributed by atoms with Gasteiger partial charge in [-0.3, -0.25) is 14.5 Å². The zero-order chi connectivity index (χ0) is 19.4. The molecule has 1 N–H and O–H groups in total. The van der Waals surface area contributed by atoms with Crippen LogP contribution in [0.4, 0.5) is 20.2 Å². The van der Waals surface area contributed by atoms with Crippen LogP contribution in [-0.2, 0) is 9.59 Å². The monoisotopic (exact) mass is 382 g/mol. The van der Waals surface area contributed by atoms with Gasteiger partial charge < -0.3 is 10.1 Å². The second-order valence-corrected chi connectivity index (χ2v) is 5.93. The van der Waals surface area contributed by atoms with E-state index in [1.54, 1.807) is 13.0 Å². The maximum absolute atomic E-state index is 14.0. The molecule has 5 nitrogen and oxygen atoms in total. The van der Waals surface area contributed by atoms with E-state index in [-0.39, 0.29) is 0 Å². The first-order valence-corrected chi connectivity index (χ1v) is 7.98. The van der Waals surface area contributed by atoms with Crippen molar-refractivity contribution in [3.05, 3.63) is 52.6 Å². The van der Waals surface area contributed by atoms with E-state index in [1.807, 2.05) is 0 Å². The van der Waals surface area contributed by atoms with Crippen LogP contribution in [0.2, 0.25) is 5.02 Å². The average molecular weight is 383 g/mol. The van der Waals surface area contributed by atoms with E-state index in [0.717, 1.165) is 24.0 Å². The molecule has 0 aliphatic carbocycles. The highest BCUT2D eigenvalue weighted by molar-refractivity contribution is 6.31. The van der Waals surface area contributed by atoms with Gasteiger partial charge in [-0.2, -0.15) is 0 Å². The smallest absolute Gasteiger partial charge is 0.244 e. The summed E-state index contributed by atoms with van der Waals surface area (Å²) in [4.78, 5) is 24.9. The van der Waals surface area contributed by atoms with Crippen molar-refractivity contribution in [2.75, 3.05) is 23.9 Å². The number of hydrogen-bond donors (Lipinski definition) is 1. The van der Waals surface area contributed by atoms with Crippen molar-refractivity contribution in [2.45, 2.75) is 13.8 Å². The van der Waals surface area contributed by atoms with Gasteiger partial charge >= 0.3 is 0 Å². The molecule has 0 atom stereocenters. The Balaban J connectivity index is 2.27. The van der Waals surface area contributed by atoms with Crippen LogP contribution < -0.4 is 15.0 Å². The van der Waals surface area contributed by atoms with E-state index in [2.05, 4.69) is 5.32 Å². The summed E-state index contributed by atoms with van der Waals surface area (Å²) in [7, 11) is 1.41. The van der Waals surface area contributed by atoms with Crippen molar-refractivity contribution in [2.24, 2.45) is 0 Å². The number of carbonyl (C=O) groups is 2. The van der Waals surface area contributed by atoms with Crippen molar-refractivity contribution in [3.63, 3.8) is 0 Å². The maximum Gasteiger partial charge on any atom is 0.244 e. The molecule has 8 heteroatoms. The van der Waals surface area contributed by atoms with Crippen LogP contribution in [0, 0.1) is 18.6 Å². The van der Waals surface area contributed by atoms with Crippen molar-refractivity contribution in [1.82, 2.24) is 0 Å². The van der Waals surface area contributed by atoms with Crippen molar-refractivity contribution in [3.8, 4) is 5.75 Å². The molecule has 2 aromatic carbocycles. The van der Waals surface area contributed by atoms with Crippen LogP contribution in [-0.4, -0.2) is 25.5 Å². The Bertz CT molecular complexity index is 838. The van der Waals surface area contributed by atoms with E-state index in [0.29, 0.717) is 22.0 Å². The van der Waals surface area contributed by atoms with Crippen molar-refractivity contribution < 1.29 is 23.1 Å². The number of carbonyl (C=O) groups excluding carboxylic acids is 2. The van der Waals surface area contributed by atoms with Crippen LogP contribution in [0.3, 0.4) is 0 Å². The van der Waals surface area contributed by atoms with E-state index >= 15 is 0 Å². The molecule has 0 spiro atoms. The molecule has 0 unspecified atom stereocenters. The number of hydrogen-bond acceptors (Lipinski definition) is 3. The first kappa shape index (κ1) is 19.7. The zero-order valence-corrected chi connectivity index (χ0v) is 15.2. The van der Waals surface area contributed by atoms with E-state index in [4.69, 9.17) is 16.3 Å². The molecule has 0 aromatic heterocycles. The molecule has 0 fully saturated rings. The minimum Gasteiger partial charge on any atom is -0.495 e. The number of rotatable bonds is 5.